The number of pyridine rings is 1. The van der Waals surface area contributed by atoms with E-state index in [1.807, 2.05) is 37.3 Å². The Balaban J connectivity index is 1.61. The Kier molecular flexibility index (Phi) is 5.35. The van der Waals surface area contributed by atoms with E-state index in [1.54, 1.807) is 24.5 Å². The second-order valence-corrected chi connectivity index (χ2v) is 6.29. The SMILES string of the molecule is Cc1cc(NC(=O)c2ccc(NCc3ccncc3)nn2)ccc1Br. The van der Waals surface area contributed by atoms with Gasteiger partial charge < -0.3 is 10.6 Å². The van der Waals surface area contributed by atoms with Crippen LogP contribution in [0.5, 0.6) is 0 Å². The number of benzene rings is 1. The summed E-state index contributed by atoms with van der Waals surface area (Å²) in [7, 11) is 0. The van der Waals surface area contributed by atoms with Gasteiger partial charge in [0.05, 0.1) is 0 Å². The van der Waals surface area contributed by atoms with Crippen molar-refractivity contribution in [3.8, 4) is 0 Å². The van der Waals surface area contributed by atoms with Gasteiger partial charge in [-0.15, -0.1) is 10.2 Å². The molecule has 1 aromatic carbocycles. The van der Waals surface area contributed by atoms with Crippen LogP contribution < -0.4 is 10.6 Å². The summed E-state index contributed by atoms with van der Waals surface area (Å²) in [4.78, 5) is 16.2. The quantitative estimate of drug-likeness (QED) is 0.684. The molecule has 0 fully saturated rings. The Morgan fingerprint density at radius 3 is 2.56 bits per heavy atom. The molecule has 0 unspecified atom stereocenters. The van der Waals surface area contributed by atoms with Crippen molar-refractivity contribution in [1.29, 1.82) is 0 Å². The first-order chi connectivity index (χ1) is 12.1. The lowest BCUT2D eigenvalue weighted by Gasteiger charge is -2.08. The van der Waals surface area contributed by atoms with Crippen LogP contribution in [0.15, 0.2) is 59.3 Å². The van der Waals surface area contributed by atoms with E-state index in [9.17, 15) is 4.79 Å². The van der Waals surface area contributed by atoms with Gasteiger partial charge in [-0.2, -0.15) is 0 Å². The van der Waals surface area contributed by atoms with E-state index in [2.05, 4.69) is 41.7 Å². The van der Waals surface area contributed by atoms with Crippen LogP contribution in [0.4, 0.5) is 11.5 Å². The van der Waals surface area contributed by atoms with Crippen molar-refractivity contribution < 1.29 is 4.79 Å². The van der Waals surface area contributed by atoms with E-state index in [0.29, 0.717) is 18.1 Å². The number of aryl methyl sites for hydroxylation is 1. The lowest BCUT2D eigenvalue weighted by Crippen LogP contribution is -2.15. The van der Waals surface area contributed by atoms with Gasteiger partial charge in [0, 0.05) is 29.1 Å². The summed E-state index contributed by atoms with van der Waals surface area (Å²) in [6.45, 7) is 2.57. The maximum Gasteiger partial charge on any atom is 0.276 e. The van der Waals surface area contributed by atoms with Crippen LogP contribution in [0.2, 0.25) is 0 Å². The number of hydrogen-bond donors (Lipinski definition) is 2. The number of anilines is 2. The van der Waals surface area contributed by atoms with Gasteiger partial charge in [-0.05, 0) is 60.5 Å². The highest BCUT2D eigenvalue weighted by atomic mass is 79.9. The molecule has 2 N–H and O–H groups in total. The van der Waals surface area contributed by atoms with Crippen LogP contribution >= 0.6 is 15.9 Å². The third-order valence-corrected chi connectivity index (χ3v) is 4.43. The molecular formula is C18H16BrN5O. The van der Waals surface area contributed by atoms with Crippen molar-refractivity contribution in [2.24, 2.45) is 0 Å². The van der Waals surface area contributed by atoms with Gasteiger partial charge in [-0.1, -0.05) is 15.9 Å². The molecule has 0 radical (unpaired) electrons. The van der Waals surface area contributed by atoms with E-state index < -0.39 is 0 Å². The van der Waals surface area contributed by atoms with Gasteiger partial charge in [0.2, 0.25) is 0 Å². The fourth-order valence-corrected chi connectivity index (χ4v) is 2.41. The minimum Gasteiger partial charge on any atom is -0.365 e. The molecular weight excluding hydrogens is 382 g/mol. The zero-order chi connectivity index (χ0) is 17.6. The fourth-order valence-electron chi connectivity index (χ4n) is 2.16. The minimum atomic E-state index is -0.296. The van der Waals surface area contributed by atoms with Crippen molar-refractivity contribution >= 4 is 33.3 Å². The summed E-state index contributed by atoms with van der Waals surface area (Å²) in [6.07, 6.45) is 3.47. The third-order valence-electron chi connectivity index (χ3n) is 3.54. The molecule has 0 spiro atoms. The standard InChI is InChI=1S/C18H16BrN5O/c1-12-10-14(2-3-15(12)19)22-18(25)16-4-5-17(24-23-16)21-11-13-6-8-20-9-7-13/h2-10H,11H2,1H3,(H,21,24)(H,22,25). The molecule has 7 heteroatoms. The van der Waals surface area contributed by atoms with Gasteiger partial charge in [0.25, 0.3) is 5.91 Å². The number of carbonyl (C=O) groups is 1. The molecule has 6 nitrogen and oxygen atoms in total. The number of nitrogens with one attached hydrogen (secondary N) is 2. The van der Waals surface area contributed by atoms with Gasteiger partial charge in [0.1, 0.15) is 5.82 Å². The van der Waals surface area contributed by atoms with E-state index in [-0.39, 0.29) is 11.6 Å². The van der Waals surface area contributed by atoms with Gasteiger partial charge in [-0.25, -0.2) is 0 Å². The van der Waals surface area contributed by atoms with Crippen LogP contribution in [-0.4, -0.2) is 21.1 Å². The first-order valence-electron chi connectivity index (χ1n) is 7.66. The highest BCUT2D eigenvalue weighted by Crippen LogP contribution is 2.20. The van der Waals surface area contributed by atoms with E-state index in [1.165, 1.54) is 0 Å². The molecule has 3 rings (SSSR count). The summed E-state index contributed by atoms with van der Waals surface area (Å²) in [5, 5.41) is 14.0. The van der Waals surface area contributed by atoms with Crippen LogP contribution in [0.25, 0.3) is 0 Å². The maximum atomic E-state index is 12.2. The molecule has 0 aliphatic heterocycles. The zero-order valence-electron chi connectivity index (χ0n) is 13.5. The molecule has 0 saturated heterocycles. The molecule has 0 bridgehead atoms. The summed E-state index contributed by atoms with van der Waals surface area (Å²) < 4.78 is 0.995. The molecule has 2 aromatic heterocycles. The highest BCUT2D eigenvalue weighted by molar-refractivity contribution is 9.10. The van der Waals surface area contributed by atoms with E-state index in [0.717, 1.165) is 15.6 Å². The second kappa shape index (κ2) is 7.85. The minimum absolute atomic E-state index is 0.259. The lowest BCUT2D eigenvalue weighted by atomic mass is 10.2. The second-order valence-electron chi connectivity index (χ2n) is 5.43. The average molecular weight is 398 g/mol. The Hall–Kier alpha value is -2.80. The maximum absolute atomic E-state index is 12.2. The predicted molar refractivity (Wildman–Crippen MR) is 100 cm³/mol. The molecule has 0 saturated carbocycles. The summed E-state index contributed by atoms with van der Waals surface area (Å²) in [5.74, 6) is 0.308. The van der Waals surface area contributed by atoms with Gasteiger partial charge in [-0.3, -0.25) is 9.78 Å². The van der Waals surface area contributed by atoms with Crippen molar-refractivity contribution in [2.75, 3.05) is 10.6 Å². The molecule has 126 valence electrons. The Morgan fingerprint density at radius 1 is 1.08 bits per heavy atom. The molecule has 0 atom stereocenters. The molecule has 0 aliphatic carbocycles. The number of amides is 1. The Bertz CT molecular complexity index is 868. The molecule has 25 heavy (non-hydrogen) atoms. The van der Waals surface area contributed by atoms with Crippen LogP contribution in [-0.2, 0) is 6.54 Å². The number of halogens is 1. The number of carbonyl (C=O) groups excluding carboxylic acids is 1. The smallest absolute Gasteiger partial charge is 0.276 e. The fraction of sp³-hybridized carbons (Fsp3) is 0.111. The van der Waals surface area contributed by atoms with E-state index >= 15 is 0 Å². The lowest BCUT2D eigenvalue weighted by molar-refractivity contribution is 0.102. The van der Waals surface area contributed by atoms with Crippen molar-refractivity contribution in [3.05, 3.63) is 76.2 Å². The summed E-state index contributed by atoms with van der Waals surface area (Å²) >= 11 is 3.43. The van der Waals surface area contributed by atoms with Gasteiger partial charge >= 0.3 is 0 Å². The third kappa shape index (κ3) is 4.60. The summed E-state index contributed by atoms with van der Waals surface area (Å²) in [5.41, 5.74) is 3.10. The van der Waals surface area contributed by atoms with Crippen molar-refractivity contribution in [3.63, 3.8) is 0 Å². The number of hydrogen-bond acceptors (Lipinski definition) is 5. The first-order valence-corrected chi connectivity index (χ1v) is 8.45. The van der Waals surface area contributed by atoms with Crippen molar-refractivity contribution in [2.45, 2.75) is 13.5 Å². The predicted octanol–water partition coefficient (Wildman–Crippen LogP) is 3.81. The number of rotatable bonds is 5. The topological polar surface area (TPSA) is 79.8 Å². The zero-order valence-corrected chi connectivity index (χ0v) is 15.1. The van der Waals surface area contributed by atoms with E-state index in [4.69, 9.17) is 0 Å². The molecule has 0 aliphatic rings. The Labute approximate surface area is 153 Å². The van der Waals surface area contributed by atoms with Gasteiger partial charge in [0.15, 0.2) is 5.69 Å². The number of aromatic nitrogens is 3. The largest absolute Gasteiger partial charge is 0.365 e. The molecule has 3 aromatic rings. The first kappa shape index (κ1) is 17.0. The molecule has 1 amide bonds. The molecule has 2 heterocycles. The average Bonchev–Trinajstić information content (AvgIpc) is 2.64. The normalized spacial score (nSPS) is 10.3. The highest BCUT2D eigenvalue weighted by Gasteiger charge is 2.09. The van der Waals surface area contributed by atoms with Crippen LogP contribution in [0, 0.1) is 6.92 Å². The van der Waals surface area contributed by atoms with Crippen LogP contribution in [0.1, 0.15) is 21.6 Å². The van der Waals surface area contributed by atoms with Crippen molar-refractivity contribution in [1.82, 2.24) is 15.2 Å². The van der Waals surface area contributed by atoms with Crippen LogP contribution in [0.3, 0.4) is 0 Å². The monoisotopic (exact) mass is 397 g/mol. The Morgan fingerprint density at radius 2 is 1.88 bits per heavy atom. The summed E-state index contributed by atoms with van der Waals surface area (Å²) in [6, 6.07) is 12.8. The number of nitrogens with zero attached hydrogens (tertiary/aromatic N) is 3.